The Morgan fingerprint density at radius 1 is 1.33 bits per heavy atom. The number of carboxylic acids is 1. The standard InChI is InChI=1S/C15H22O3/c1-6-9(2)11-7-10(14(17)18)8-12(13(11)16)15(3,4)5/h7-9,16H,6H2,1-5H3,(H,17,18). The smallest absolute Gasteiger partial charge is 0.335 e. The van der Waals surface area contributed by atoms with Crippen LogP contribution in [0.2, 0.25) is 0 Å². The summed E-state index contributed by atoms with van der Waals surface area (Å²) in [4.78, 5) is 11.2. The number of phenolic OH excluding ortho intramolecular Hbond substituents is 1. The third-order valence-electron chi connectivity index (χ3n) is 3.34. The van der Waals surface area contributed by atoms with Crippen LogP contribution in [0.5, 0.6) is 5.75 Å². The van der Waals surface area contributed by atoms with Crippen molar-refractivity contribution in [2.45, 2.75) is 52.4 Å². The molecule has 0 amide bonds. The molecule has 1 rings (SSSR count). The highest BCUT2D eigenvalue weighted by atomic mass is 16.4. The van der Waals surface area contributed by atoms with Crippen LogP contribution < -0.4 is 0 Å². The van der Waals surface area contributed by atoms with Gasteiger partial charge in [0.1, 0.15) is 5.75 Å². The molecule has 1 aromatic carbocycles. The summed E-state index contributed by atoms with van der Waals surface area (Å²) in [6, 6.07) is 3.16. The molecule has 0 aliphatic rings. The van der Waals surface area contributed by atoms with Crippen LogP contribution in [-0.2, 0) is 5.41 Å². The van der Waals surface area contributed by atoms with Crippen molar-refractivity contribution in [1.29, 1.82) is 0 Å². The van der Waals surface area contributed by atoms with E-state index in [4.69, 9.17) is 5.11 Å². The van der Waals surface area contributed by atoms with Crippen LogP contribution in [0, 0.1) is 0 Å². The second-order valence-corrected chi connectivity index (χ2v) is 5.83. The highest BCUT2D eigenvalue weighted by molar-refractivity contribution is 5.88. The molecule has 0 bridgehead atoms. The Balaban J connectivity index is 3.53. The number of aromatic hydroxyl groups is 1. The van der Waals surface area contributed by atoms with Gasteiger partial charge in [0.2, 0.25) is 0 Å². The summed E-state index contributed by atoms with van der Waals surface area (Å²) in [6.07, 6.45) is 0.861. The molecule has 0 aliphatic carbocycles. The number of benzene rings is 1. The monoisotopic (exact) mass is 250 g/mol. The zero-order valence-electron chi connectivity index (χ0n) is 11.7. The quantitative estimate of drug-likeness (QED) is 0.855. The van der Waals surface area contributed by atoms with E-state index in [1.807, 2.05) is 34.6 Å². The molecule has 1 atom stereocenters. The largest absolute Gasteiger partial charge is 0.507 e. The Morgan fingerprint density at radius 3 is 2.28 bits per heavy atom. The summed E-state index contributed by atoms with van der Waals surface area (Å²) >= 11 is 0. The van der Waals surface area contributed by atoms with Crippen LogP contribution in [0.4, 0.5) is 0 Å². The van der Waals surface area contributed by atoms with Gasteiger partial charge in [-0.05, 0) is 35.4 Å². The molecule has 100 valence electrons. The van der Waals surface area contributed by atoms with E-state index in [-0.39, 0.29) is 22.6 Å². The fourth-order valence-corrected chi connectivity index (χ4v) is 1.95. The fourth-order valence-electron chi connectivity index (χ4n) is 1.95. The third kappa shape index (κ3) is 2.84. The van der Waals surface area contributed by atoms with Crippen LogP contribution in [-0.4, -0.2) is 16.2 Å². The van der Waals surface area contributed by atoms with Gasteiger partial charge in [-0.3, -0.25) is 0 Å². The lowest BCUT2D eigenvalue weighted by Gasteiger charge is -2.24. The predicted octanol–water partition coefficient (Wildman–Crippen LogP) is 3.90. The first-order valence-electron chi connectivity index (χ1n) is 6.29. The molecule has 0 spiro atoms. The van der Waals surface area contributed by atoms with Crippen LogP contribution >= 0.6 is 0 Å². The van der Waals surface area contributed by atoms with Crippen LogP contribution in [0.3, 0.4) is 0 Å². The number of hydrogen-bond acceptors (Lipinski definition) is 2. The third-order valence-corrected chi connectivity index (χ3v) is 3.34. The molecule has 3 heteroatoms. The lowest BCUT2D eigenvalue weighted by atomic mass is 9.82. The van der Waals surface area contributed by atoms with E-state index in [0.29, 0.717) is 5.56 Å². The molecule has 3 nitrogen and oxygen atoms in total. The maximum Gasteiger partial charge on any atom is 0.335 e. The molecule has 1 aromatic rings. The van der Waals surface area contributed by atoms with Gasteiger partial charge >= 0.3 is 5.97 Å². The Kier molecular flexibility index (Phi) is 4.05. The predicted molar refractivity (Wildman–Crippen MR) is 72.5 cm³/mol. The minimum absolute atomic E-state index is 0.144. The van der Waals surface area contributed by atoms with E-state index in [1.54, 1.807) is 12.1 Å². The SMILES string of the molecule is CCC(C)c1cc(C(=O)O)cc(C(C)(C)C)c1O. The minimum Gasteiger partial charge on any atom is -0.507 e. The summed E-state index contributed by atoms with van der Waals surface area (Å²) in [6.45, 7) is 9.91. The van der Waals surface area contributed by atoms with Crippen LogP contribution in [0.1, 0.15) is 68.4 Å². The van der Waals surface area contributed by atoms with Crippen LogP contribution in [0.15, 0.2) is 12.1 Å². The molecule has 1 unspecified atom stereocenters. The Hall–Kier alpha value is -1.51. The lowest BCUT2D eigenvalue weighted by Crippen LogP contribution is -2.14. The summed E-state index contributed by atoms with van der Waals surface area (Å²) in [7, 11) is 0. The van der Waals surface area contributed by atoms with E-state index in [0.717, 1.165) is 12.0 Å². The zero-order chi connectivity index (χ0) is 14.1. The normalized spacial score (nSPS) is 13.4. The van der Waals surface area contributed by atoms with Gasteiger partial charge in [0.25, 0.3) is 0 Å². The Labute approximate surface area is 108 Å². The van der Waals surface area contributed by atoms with Crippen molar-refractivity contribution in [3.63, 3.8) is 0 Å². The molecular formula is C15H22O3. The van der Waals surface area contributed by atoms with Gasteiger partial charge in [0.05, 0.1) is 5.56 Å². The zero-order valence-corrected chi connectivity index (χ0v) is 11.7. The van der Waals surface area contributed by atoms with Gasteiger partial charge < -0.3 is 10.2 Å². The number of hydrogen-bond donors (Lipinski definition) is 2. The van der Waals surface area contributed by atoms with E-state index in [9.17, 15) is 9.90 Å². The first-order chi connectivity index (χ1) is 8.18. The van der Waals surface area contributed by atoms with E-state index < -0.39 is 5.97 Å². The first-order valence-corrected chi connectivity index (χ1v) is 6.29. The fraction of sp³-hybridized carbons (Fsp3) is 0.533. The van der Waals surface area contributed by atoms with Crippen molar-refractivity contribution in [3.05, 3.63) is 28.8 Å². The van der Waals surface area contributed by atoms with Crippen molar-refractivity contribution >= 4 is 5.97 Å². The van der Waals surface area contributed by atoms with Gasteiger partial charge in [-0.2, -0.15) is 0 Å². The maximum atomic E-state index is 11.2. The van der Waals surface area contributed by atoms with Crippen molar-refractivity contribution in [2.24, 2.45) is 0 Å². The highest BCUT2D eigenvalue weighted by Gasteiger charge is 2.24. The van der Waals surface area contributed by atoms with Gasteiger partial charge in [0.15, 0.2) is 0 Å². The minimum atomic E-state index is -0.954. The molecule has 0 saturated heterocycles. The average molecular weight is 250 g/mol. The second kappa shape index (κ2) is 5.01. The average Bonchev–Trinajstić information content (AvgIpc) is 2.26. The first kappa shape index (κ1) is 14.6. The number of rotatable bonds is 3. The van der Waals surface area contributed by atoms with E-state index in [1.165, 1.54) is 0 Å². The topological polar surface area (TPSA) is 57.5 Å². The molecule has 0 heterocycles. The summed E-state index contributed by atoms with van der Waals surface area (Å²) in [5.41, 5.74) is 1.38. The van der Waals surface area contributed by atoms with Gasteiger partial charge in [-0.25, -0.2) is 4.79 Å². The van der Waals surface area contributed by atoms with Crippen molar-refractivity contribution < 1.29 is 15.0 Å². The second-order valence-electron chi connectivity index (χ2n) is 5.83. The summed E-state index contributed by atoms with van der Waals surface area (Å²) < 4.78 is 0. The summed E-state index contributed by atoms with van der Waals surface area (Å²) in [5, 5.41) is 19.5. The van der Waals surface area contributed by atoms with E-state index in [2.05, 4.69) is 0 Å². The van der Waals surface area contributed by atoms with E-state index >= 15 is 0 Å². The summed E-state index contributed by atoms with van der Waals surface area (Å²) in [5.74, 6) is -0.572. The van der Waals surface area contributed by atoms with Crippen molar-refractivity contribution in [3.8, 4) is 5.75 Å². The van der Waals surface area contributed by atoms with Gasteiger partial charge in [-0.1, -0.05) is 34.6 Å². The van der Waals surface area contributed by atoms with Crippen LogP contribution in [0.25, 0.3) is 0 Å². The van der Waals surface area contributed by atoms with Crippen molar-refractivity contribution in [2.75, 3.05) is 0 Å². The molecule has 2 N–H and O–H groups in total. The molecule has 18 heavy (non-hydrogen) atoms. The Bertz CT molecular complexity index is 456. The number of carboxylic acid groups (broad SMARTS) is 1. The maximum absolute atomic E-state index is 11.2. The molecule has 0 saturated carbocycles. The van der Waals surface area contributed by atoms with Crippen molar-refractivity contribution in [1.82, 2.24) is 0 Å². The highest BCUT2D eigenvalue weighted by Crippen LogP contribution is 2.38. The van der Waals surface area contributed by atoms with Gasteiger partial charge in [-0.15, -0.1) is 0 Å². The number of aromatic carboxylic acids is 1. The Morgan fingerprint density at radius 2 is 1.89 bits per heavy atom. The molecule has 0 fully saturated rings. The number of phenols is 1. The molecule has 0 aromatic heterocycles. The number of carbonyl (C=O) groups is 1. The molecular weight excluding hydrogens is 228 g/mol. The van der Waals surface area contributed by atoms with Gasteiger partial charge in [0, 0.05) is 5.56 Å². The molecule has 0 aliphatic heterocycles. The molecule has 0 radical (unpaired) electrons. The lowest BCUT2D eigenvalue weighted by molar-refractivity contribution is 0.0696.